The molecule has 0 bridgehead atoms. The second-order valence-corrected chi connectivity index (χ2v) is 5.37. The fraction of sp³-hybridized carbons (Fsp3) is 0.733. The van der Waals surface area contributed by atoms with E-state index < -0.39 is 0 Å². The Kier molecular flexibility index (Phi) is 5.12. The zero-order valence-electron chi connectivity index (χ0n) is 11.7. The smallest absolute Gasteiger partial charge is 0.115 e. The van der Waals surface area contributed by atoms with E-state index in [-0.39, 0.29) is 0 Å². The van der Waals surface area contributed by atoms with Gasteiger partial charge in [-0.15, -0.1) is 0 Å². The molecule has 1 unspecified atom stereocenters. The highest BCUT2D eigenvalue weighted by molar-refractivity contribution is 5.26. The molecule has 0 radical (unpaired) electrons. The van der Waals surface area contributed by atoms with Crippen molar-refractivity contribution in [2.75, 3.05) is 6.54 Å². The van der Waals surface area contributed by atoms with Gasteiger partial charge >= 0.3 is 0 Å². The number of nitrogens with one attached hydrogen (secondary N) is 1. The van der Waals surface area contributed by atoms with E-state index in [9.17, 15) is 0 Å². The van der Waals surface area contributed by atoms with Gasteiger partial charge in [0, 0.05) is 23.9 Å². The van der Waals surface area contributed by atoms with Crippen molar-refractivity contribution in [1.82, 2.24) is 15.3 Å². The predicted molar refractivity (Wildman–Crippen MR) is 74.8 cm³/mol. The molecule has 1 N–H and O–H groups in total. The van der Waals surface area contributed by atoms with Gasteiger partial charge in [0.15, 0.2) is 0 Å². The Bertz CT molecular complexity index is 376. The zero-order chi connectivity index (χ0) is 12.8. The average Bonchev–Trinajstić information content (AvgIpc) is 2.62. The maximum atomic E-state index is 4.53. The van der Waals surface area contributed by atoms with Gasteiger partial charge in [-0.1, -0.05) is 13.3 Å². The van der Waals surface area contributed by atoms with Crippen LogP contribution in [0, 0.1) is 0 Å². The number of nitrogens with zero attached hydrogens (tertiary/aromatic N) is 2. The van der Waals surface area contributed by atoms with Gasteiger partial charge in [-0.2, -0.15) is 0 Å². The molecule has 2 rings (SSSR count). The van der Waals surface area contributed by atoms with Gasteiger partial charge in [0.1, 0.15) is 6.33 Å². The van der Waals surface area contributed by atoms with Crippen LogP contribution in [0.4, 0.5) is 0 Å². The van der Waals surface area contributed by atoms with Crippen LogP contribution < -0.4 is 5.32 Å². The number of hydrogen-bond acceptors (Lipinski definition) is 3. The minimum Gasteiger partial charge on any atom is -0.314 e. The van der Waals surface area contributed by atoms with Crippen LogP contribution in [0.15, 0.2) is 6.33 Å². The van der Waals surface area contributed by atoms with Gasteiger partial charge in [-0.25, -0.2) is 9.97 Å². The molecule has 1 heterocycles. The molecule has 18 heavy (non-hydrogen) atoms. The Hall–Kier alpha value is -0.960. The van der Waals surface area contributed by atoms with E-state index in [0.717, 1.165) is 19.4 Å². The Morgan fingerprint density at radius 2 is 2.06 bits per heavy atom. The molecule has 0 aliphatic heterocycles. The average molecular weight is 247 g/mol. The van der Waals surface area contributed by atoms with E-state index in [1.807, 2.05) is 0 Å². The van der Waals surface area contributed by atoms with Gasteiger partial charge in [-0.3, -0.25) is 0 Å². The highest BCUT2D eigenvalue weighted by Gasteiger charge is 2.15. The van der Waals surface area contributed by atoms with Crippen molar-refractivity contribution in [3.63, 3.8) is 0 Å². The Labute approximate surface area is 110 Å². The van der Waals surface area contributed by atoms with Gasteiger partial charge < -0.3 is 5.32 Å². The third-order valence-corrected chi connectivity index (χ3v) is 3.71. The molecule has 0 aromatic carbocycles. The molecule has 0 fully saturated rings. The highest BCUT2D eigenvalue weighted by Crippen LogP contribution is 2.21. The van der Waals surface area contributed by atoms with Gasteiger partial charge in [0.25, 0.3) is 0 Å². The number of aromatic nitrogens is 2. The van der Waals surface area contributed by atoms with Crippen LogP contribution >= 0.6 is 0 Å². The number of aryl methyl sites for hydroxylation is 1. The molecule has 1 atom stereocenters. The van der Waals surface area contributed by atoms with Crippen LogP contribution in [0.5, 0.6) is 0 Å². The number of fused-ring (bicyclic) bond motifs is 1. The van der Waals surface area contributed by atoms with Crippen LogP contribution in [-0.2, 0) is 19.3 Å². The molecule has 100 valence electrons. The summed E-state index contributed by atoms with van der Waals surface area (Å²) in [5.41, 5.74) is 4.03. The molecule has 1 aromatic heterocycles. The largest absolute Gasteiger partial charge is 0.314 e. The van der Waals surface area contributed by atoms with Crippen LogP contribution in [0.25, 0.3) is 0 Å². The maximum Gasteiger partial charge on any atom is 0.115 e. The van der Waals surface area contributed by atoms with Crippen molar-refractivity contribution in [2.24, 2.45) is 0 Å². The van der Waals surface area contributed by atoms with Gasteiger partial charge in [0.05, 0.1) is 0 Å². The molecule has 0 saturated carbocycles. The minimum absolute atomic E-state index is 0.507. The molecule has 0 spiro atoms. The Balaban J connectivity index is 2.08. The van der Waals surface area contributed by atoms with Crippen molar-refractivity contribution in [3.05, 3.63) is 23.3 Å². The molecule has 1 aliphatic carbocycles. The molecule has 1 aromatic rings. The van der Waals surface area contributed by atoms with Crippen molar-refractivity contribution in [1.29, 1.82) is 0 Å². The number of hydrogen-bond donors (Lipinski definition) is 1. The summed E-state index contributed by atoms with van der Waals surface area (Å²) in [5.74, 6) is 0. The van der Waals surface area contributed by atoms with E-state index in [1.54, 1.807) is 6.33 Å². The van der Waals surface area contributed by atoms with E-state index in [4.69, 9.17) is 0 Å². The van der Waals surface area contributed by atoms with E-state index in [1.165, 1.54) is 49.1 Å². The van der Waals surface area contributed by atoms with Crippen molar-refractivity contribution in [2.45, 2.75) is 64.8 Å². The molecule has 1 aliphatic rings. The molecule has 0 amide bonds. The van der Waals surface area contributed by atoms with E-state index in [0.29, 0.717) is 6.04 Å². The Morgan fingerprint density at radius 3 is 2.89 bits per heavy atom. The first-order valence-corrected chi connectivity index (χ1v) is 7.36. The summed E-state index contributed by atoms with van der Waals surface area (Å²) >= 11 is 0. The second-order valence-electron chi connectivity index (χ2n) is 5.37. The van der Waals surface area contributed by atoms with Crippen LogP contribution in [0.3, 0.4) is 0 Å². The first-order valence-electron chi connectivity index (χ1n) is 7.36. The molecule has 0 saturated heterocycles. The van der Waals surface area contributed by atoms with Crippen LogP contribution in [0.1, 0.15) is 56.5 Å². The third kappa shape index (κ3) is 3.52. The fourth-order valence-electron chi connectivity index (χ4n) is 2.69. The summed E-state index contributed by atoms with van der Waals surface area (Å²) < 4.78 is 0. The van der Waals surface area contributed by atoms with Crippen LogP contribution in [-0.4, -0.2) is 22.6 Å². The summed E-state index contributed by atoms with van der Waals surface area (Å²) in [6.07, 6.45) is 10.2. The highest BCUT2D eigenvalue weighted by atomic mass is 14.9. The van der Waals surface area contributed by atoms with Gasteiger partial charge in [-0.05, 0) is 51.1 Å². The zero-order valence-corrected chi connectivity index (χ0v) is 11.7. The van der Waals surface area contributed by atoms with Crippen molar-refractivity contribution < 1.29 is 0 Å². The lowest BCUT2D eigenvalue weighted by atomic mass is 10.0. The fourth-order valence-corrected chi connectivity index (χ4v) is 2.69. The maximum absolute atomic E-state index is 4.53. The predicted octanol–water partition coefficient (Wildman–Crippen LogP) is 2.68. The number of rotatable bonds is 5. The quantitative estimate of drug-likeness (QED) is 0.813. The molecular weight excluding hydrogens is 222 g/mol. The van der Waals surface area contributed by atoms with E-state index >= 15 is 0 Å². The first kappa shape index (κ1) is 13.5. The van der Waals surface area contributed by atoms with Crippen molar-refractivity contribution in [3.8, 4) is 0 Å². The Morgan fingerprint density at radius 1 is 1.22 bits per heavy atom. The summed E-state index contributed by atoms with van der Waals surface area (Å²) in [6.45, 7) is 5.55. The second kappa shape index (κ2) is 6.83. The first-order chi connectivity index (χ1) is 8.81. The lowest BCUT2D eigenvalue weighted by molar-refractivity contribution is 0.535. The summed E-state index contributed by atoms with van der Waals surface area (Å²) in [5, 5.41) is 3.54. The van der Waals surface area contributed by atoms with Gasteiger partial charge in [0.2, 0.25) is 0 Å². The SMILES string of the molecule is CCCNC(C)Cc1ncnc2c1CCCCC2. The van der Waals surface area contributed by atoms with Crippen LogP contribution in [0.2, 0.25) is 0 Å². The molecule has 3 nitrogen and oxygen atoms in total. The normalized spacial score (nSPS) is 17.0. The third-order valence-electron chi connectivity index (χ3n) is 3.71. The lowest BCUT2D eigenvalue weighted by Crippen LogP contribution is -2.29. The summed E-state index contributed by atoms with van der Waals surface area (Å²) in [4.78, 5) is 9.01. The minimum atomic E-state index is 0.507. The van der Waals surface area contributed by atoms with E-state index in [2.05, 4.69) is 29.1 Å². The summed E-state index contributed by atoms with van der Waals surface area (Å²) in [6, 6.07) is 0.507. The monoisotopic (exact) mass is 247 g/mol. The topological polar surface area (TPSA) is 37.8 Å². The summed E-state index contributed by atoms with van der Waals surface area (Å²) in [7, 11) is 0. The molecular formula is C15H25N3. The molecule has 3 heteroatoms. The van der Waals surface area contributed by atoms with Crippen molar-refractivity contribution >= 4 is 0 Å². The standard InChI is InChI=1S/C15H25N3/c1-3-9-16-12(2)10-15-13-7-5-4-6-8-14(13)17-11-18-15/h11-12,16H,3-10H2,1-2H3. The lowest BCUT2D eigenvalue weighted by Gasteiger charge is -2.16.